The first-order valence-electron chi connectivity index (χ1n) is 10.8. The number of fused-ring (bicyclic) bond motifs is 1. The highest BCUT2D eigenvalue weighted by Gasteiger charge is 2.25. The van der Waals surface area contributed by atoms with Crippen molar-refractivity contribution in [1.29, 1.82) is 0 Å². The molecule has 5 aromatic rings. The van der Waals surface area contributed by atoms with Crippen molar-refractivity contribution in [1.82, 2.24) is 19.5 Å². The third kappa shape index (κ3) is 3.55. The number of benzene rings is 1. The Morgan fingerprint density at radius 3 is 2.33 bits per heavy atom. The fourth-order valence-corrected chi connectivity index (χ4v) is 4.20. The molecule has 1 aliphatic rings. The van der Waals surface area contributed by atoms with E-state index in [4.69, 9.17) is 18.9 Å². The molecular weight excluding hydrogens is 418 g/mol. The molecule has 0 unspecified atom stereocenters. The van der Waals surface area contributed by atoms with Crippen LogP contribution in [0.4, 0.5) is 5.82 Å². The van der Waals surface area contributed by atoms with Crippen molar-refractivity contribution in [3.63, 3.8) is 0 Å². The van der Waals surface area contributed by atoms with Gasteiger partial charge in [0.1, 0.15) is 12.1 Å². The lowest BCUT2D eigenvalue weighted by Crippen LogP contribution is -2.49. The molecule has 33 heavy (non-hydrogen) atoms. The number of nitrogens with zero attached hydrogens (tertiary/aromatic N) is 5. The van der Waals surface area contributed by atoms with Crippen LogP contribution in [0.3, 0.4) is 0 Å². The van der Waals surface area contributed by atoms with E-state index in [1.54, 1.807) is 18.6 Å². The topological polar surface area (TPSA) is 80.0 Å². The smallest absolute Gasteiger partial charge is 0.257 e. The van der Waals surface area contributed by atoms with Crippen LogP contribution in [0.5, 0.6) is 0 Å². The van der Waals surface area contributed by atoms with Crippen LogP contribution in [0, 0.1) is 0 Å². The SMILES string of the molecule is O=C(c1ccoc1)N1CCN(c2cc(-c3ccoc3)nc3cc(-c4ccccc4)nn23)CC1. The highest BCUT2D eigenvalue weighted by atomic mass is 16.3. The summed E-state index contributed by atoms with van der Waals surface area (Å²) in [5.41, 5.74) is 4.98. The van der Waals surface area contributed by atoms with Gasteiger partial charge < -0.3 is 18.6 Å². The minimum atomic E-state index is -0.00665. The predicted molar refractivity (Wildman–Crippen MR) is 123 cm³/mol. The molecule has 0 atom stereocenters. The first-order valence-corrected chi connectivity index (χ1v) is 10.8. The number of amides is 1. The van der Waals surface area contributed by atoms with E-state index in [0.717, 1.165) is 34.0 Å². The van der Waals surface area contributed by atoms with Crippen LogP contribution in [0.25, 0.3) is 28.2 Å². The van der Waals surface area contributed by atoms with Crippen LogP contribution < -0.4 is 4.90 Å². The van der Waals surface area contributed by atoms with E-state index in [0.29, 0.717) is 31.7 Å². The van der Waals surface area contributed by atoms with Crippen LogP contribution in [-0.2, 0) is 0 Å². The van der Waals surface area contributed by atoms with E-state index in [9.17, 15) is 4.79 Å². The number of carbonyl (C=O) groups excluding carboxylic acids is 1. The van der Waals surface area contributed by atoms with Crippen molar-refractivity contribution < 1.29 is 13.6 Å². The van der Waals surface area contributed by atoms with Gasteiger partial charge in [0, 0.05) is 49.4 Å². The standard InChI is InChI=1S/C25H21N5O3/c31-25(20-7-13-33-17-20)29-10-8-28(9-11-29)24-15-21(19-6-12-32-16-19)26-23-14-22(27-30(23)24)18-4-2-1-3-5-18/h1-7,12-17H,8-11H2. The number of rotatable bonds is 4. The fourth-order valence-electron chi connectivity index (χ4n) is 4.20. The Bertz CT molecular complexity index is 1380. The van der Waals surface area contributed by atoms with E-state index in [1.807, 2.05) is 57.9 Å². The Labute approximate surface area is 189 Å². The van der Waals surface area contributed by atoms with Gasteiger partial charge in [-0.2, -0.15) is 9.61 Å². The molecule has 1 saturated heterocycles. The number of piperazine rings is 1. The third-order valence-electron chi connectivity index (χ3n) is 5.95. The predicted octanol–water partition coefficient (Wildman–Crippen LogP) is 4.21. The van der Waals surface area contributed by atoms with Crippen LogP contribution in [0.2, 0.25) is 0 Å². The zero-order valence-corrected chi connectivity index (χ0v) is 17.8. The van der Waals surface area contributed by atoms with Crippen molar-refractivity contribution in [3.8, 4) is 22.5 Å². The molecule has 1 aliphatic heterocycles. The summed E-state index contributed by atoms with van der Waals surface area (Å²) in [7, 11) is 0. The van der Waals surface area contributed by atoms with Gasteiger partial charge in [-0.05, 0) is 12.1 Å². The van der Waals surface area contributed by atoms with Crippen molar-refractivity contribution in [2.45, 2.75) is 0 Å². The molecule has 0 N–H and O–H groups in total. The number of carbonyl (C=O) groups is 1. The average Bonchev–Trinajstić information content (AvgIpc) is 3.65. The summed E-state index contributed by atoms with van der Waals surface area (Å²) in [6, 6.07) is 17.7. The van der Waals surface area contributed by atoms with E-state index < -0.39 is 0 Å². The van der Waals surface area contributed by atoms with Crippen LogP contribution in [0.15, 0.2) is 88.5 Å². The van der Waals surface area contributed by atoms with Gasteiger partial charge >= 0.3 is 0 Å². The summed E-state index contributed by atoms with van der Waals surface area (Å²) < 4.78 is 12.2. The monoisotopic (exact) mass is 439 g/mol. The van der Waals surface area contributed by atoms with Gasteiger partial charge in [-0.3, -0.25) is 4.79 Å². The molecule has 4 aromatic heterocycles. The maximum Gasteiger partial charge on any atom is 0.257 e. The summed E-state index contributed by atoms with van der Waals surface area (Å²) in [5.74, 6) is 0.932. The molecule has 1 fully saturated rings. The van der Waals surface area contributed by atoms with Crippen molar-refractivity contribution in [3.05, 3.63) is 85.2 Å². The first-order chi connectivity index (χ1) is 16.3. The Morgan fingerprint density at radius 2 is 1.61 bits per heavy atom. The summed E-state index contributed by atoms with van der Waals surface area (Å²) in [5, 5.41) is 4.87. The molecule has 0 saturated carbocycles. The second-order valence-electron chi connectivity index (χ2n) is 7.97. The summed E-state index contributed by atoms with van der Waals surface area (Å²) >= 11 is 0. The van der Waals surface area contributed by atoms with Gasteiger partial charge in [0.15, 0.2) is 5.65 Å². The minimum Gasteiger partial charge on any atom is -0.472 e. The zero-order chi connectivity index (χ0) is 22.2. The molecule has 164 valence electrons. The molecule has 0 spiro atoms. The lowest BCUT2D eigenvalue weighted by molar-refractivity contribution is 0.0745. The largest absolute Gasteiger partial charge is 0.472 e. The first kappa shape index (κ1) is 19.4. The number of anilines is 1. The molecule has 5 heterocycles. The zero-order valence-electron chi connectivity index (χ0n) is 17.8. The Balaban J connectivity index is 1.36. The fraction of sp³-hybridized carbons (Fsp3) is 0.160. The Kier molecular flexibility index (Phi) is 4.68. The van der Waals surface area contributed by atoms with Crippen LogP contribution in [0.1, 0.15) is 10.4 Å². The number of hydrogen-bond donors (Lipinski definition) is 0. The summed E-state index contributed by atoms with van der Waals surface area (Å²) in [4.78, 5) is 21.6. The van der Waals surface area contributed by atoms with Gasteiger partial charge in [0.2, 0.25) is 0 Å². The van der Waals surface area contributed by atoms with Crippen molar-refractivity contribution in [2.24, 2.45) is 0 Å². The molecular formula is C25H21N5O3. The highest BCUT2D eigenvalue weighted by molar-refractivity contribution is 5.94. The van der Waals surface area contributed by atoms with E-state index in [1.165, 1.54) is 12.5 Å². The molecule has 8 heteroatoms. The van der Waals surface area contributed by atoms with E-state index in [2.05, 4.69) is 4.90 Å². The molecule has 8 nitrogen and oxygen atoms in total. The van der Waals surface area contributed by atoms with Crippen molar-refractivity contribution >= 4 is 17.4 Å². The number of furan rings is 2. The minimum absolute atomic E-state index is 0.00665. The summed E-state index contributed by atoms with van der Waals surface area (Å²) in [6.07, 6.45) is 6.36. The molecule has 0 bridgehead atoms. The number of hydrogen-bond acceptors (Lipinski definition) is 6. The molecule has 6 rings (SSSR count). The molecule has 0 radical (unpaired) electrons. The van der Waals surface area contributed by atoms with Crippen molar-refractivity contribution in [2.75, 3.05) is 31.1 Å². The average molecular weight is 439 g/mol. The maximum atomic E-state index is 12.7. The van der Waals surface area contributed by atoms with E-state index >= 15 is 0 Å². The van der Waals surface area contributed by atoms with Crippen LogP contribution >= 0.6 is 0 Å². The van der Waals surface area contributed by atoms with Gasteiger partial charge in [-0.25, -0.2) is 4.98 Å². The number of aromatic nitrogens is 3. The van der Waals surface area contributed by atoms with Gasteiger partial charge in [-0.15, -0.1) is 0 Å². The Hall–Kier alpha value is -4.33. The lowest BCUT2D eigenvalue weighted by Gasteiger charge is -2.35. The van der Waals surface area contributed by atoms with Gasteiger partial charge in [0.25, 0.3) is 5.91 Å². The maximum absolute atomic E-state index is 12.7. The summed E-state index contributed by atoms with van der Waals surface area (Å²) in [6.45, 7) is 2.60. The molecule has 0 aliphatic carbocycles. The molecule has 1 amide bonds. The third-order valence-corrected chi connectivity index (χ3v) is 5.95. The molecule has 1 aromatic carbocycles. The van der Waals surface area contributed by atoms with Crippen LogP contribution in [-0.4, -0.2) is 51.6 Å². The quantitative estimate of drug-likeness (QED) is 0.417. The normalized spacial score (nSPS) is 14.2. The highest BCUT2D eigenvalue weighted by Crippen LogP contribution is 2.28. The Morgan fingerprint density at radius 1 is 0.818 bits per heavy atom. The lowest BCUT2D eigenvalue weighted by atomic mass is 10.1. The van der Waals surface area contributed by atoms with E-state index in [-0.39, 0.29) is 5.91 Å². The van der Waals surface area contributed by atoms with Gasteiger partial charge in [0.05, 0.1) is 35.7 Å². The van der Waals surface area contributed by atoms with Gasteiger partial charge in [-0.1, -0.05) is 30.3 Å². The second kappa shape index (κ2) is 7.98. The second-order valence-corrected chi connectivity index (χ2v) is 7.97.